The van der Waals surface area contributed by atoms with Crippen molar-refractivity contribution in [1.82, 2.24) is 21.3 Å². The third kappa shape index (κ3) is 71.8. The van der Waals surface area contributed by atoms with Gasteiger partial charge in [0, 0.05) is 51.6 Å². The van der Waals surface area contributed by atoms with Gasteiger partial charge in [0.15, 0.2) is 0 Å². The van der Waals surface area contributed by atoms with Gasteiger partial charge in [-0.1, -0.05) is 258 Å². The van der Waals surface area contributed by atoms with Gasteiger partial charge in [-0.3, -0.25) is 46.9 Å². The Morgan fingerprint density at radius 1 is 0.324 bits per heavy atom. The molecular weight excluding hydrogens is 1380 g/mol. The maximum absolute atomic E-state index is 13.2. The molecule has 0 saturated carbocycles. The van der Waals surface area contributed by atoms with E-state index in [0.717, 1.165) is 128 Å². The van der Waals surface area contributed by atoms with Crippen molar-refractivity contribution in [2.75, 3.05) is 65.9 Å². The number of nitrogens with one attached hydrogen (secondary N) is 4. The molecule has 0 fully saturated rings. The van der Waals surface area contributed by atoms with Crippen LogP contribution in [0.15, 0.2) is 24.3 Å². The van der Waals surface area contributed by atoms with E-state index in [-0.39, 0.29) is 88.3 Å². The molecule has 0 bridgehead atoms. The monoisotopic (exact) mass is 1530 g/mol. The summed E-state index contributed by atoms with van der Waals surface area (Å²) < 4.78 is 71.2. The number of hydrogen-bond donors (Lipinski definition) is 6. The van der Waals surface area contributed by atoms with Gasteiger partial charge in [0.1, 0.15) is 18.6 Å². The predicted molar refractivity (Wildman–Crippen MR) is 423 cm³/mol. The third-order valence-corrected chi connectivity index (χ3v) is 20.2. The molecule has 6 N–H and O–H groups in total. The predicted octanol–water partition coefficient (Wildman–Crippen LogP) is 19.4. The standard InChI is InChI=1S/C81H154N4O18P2/c1-7-13-19-25-29-33-37-43-49-55-76(86)84-72(68-96-63-59-74(53-47-41-23-17-11-5)102-80(90)57-51-45-39-35-31-27-21-15-9-3)70-100-104(92,93)98-65-61-82-78(88)67-79(89)83-62-66-99-105(94,95)101-71-73(85-77(87)56-50-44-38-34-30-26-20-14-8-2)69-97-64-60-75(54-48-42-24-18-12-6)103-81(91)58-52-46-40-36-32-28-22-16-10-4/h35-36,39-40,72-75H,7-34,37-38,41-71H2,1-6H3,(H,82,88)(H,83,89)(H,84,86)(H,85,87)(H,92,93)(H,94,95)/t72?,73?,74-,75-/m1/s1. The second kappa shape index (κ2) is 74.5. The van der Waals surface area contributed by atoms with Crippen LogP contribution < -0.4 is 21.3 Å². The number of unbranched alkanes of at least 4 members (excludes halogenated alkanes) is 34. The first kappa shape index (κ1) is 101. The van der Waals surface area contributed by atoms with Crippen LogP contribution in [0.3, 0.4) is 0 Å². The van der Waals surface area contributed by atoms with Crippen LogP contribution in [0.1, 0.15) is 369 Å². The van der Waals surface area contributed by atoms with Crippen LogP contribution in [-0.4, -0.2) is 136 Å². The molecular formula is C81H154N4O18P2. The Hall–Kier alpha value is -3.56. The van der Waals surface area contributed by atoms with Crippen molar-refractivity contribution >= 4 is 51.2 Å². The van der Waals surface area contributed by atoms with Gasteiger partial charge in [0.2, 0.25) is 23.6 Å². The fraction of sp³-hybridized carbons (Fsp3) is 0.877. The smallest absolute Gasteiger partial charge is 0.462 e. The van der Waals surface area contributed by atoms with Crippen LogP contribution in [0.5, 0.6) is 0 Å². The molecule has 22 nitrogen and oxygen atoms in total. The second-order valence-electron chi connectivity index (χ2n) is 28.5. The van der Waals surface area contributed by atoms with Crippen LogP contribution in [0, 0.1) is 0 Å². The Bertz CT molecular complexity index is 2100. The summed E-state index contributed by atoms with van der Waals surface area (Å²) in [5.41, 5.74) is 0. The lowest BCUT2D eigenvalue weighted by molar-refractivity contribution is -0.151. The molecule has 0 aromatic carbocycles. The summed E-state index contributed by atoms with van der Waals surface area (Å²) in [6, 6.07) is -1.65. The molecule has 0 aromatic heterocycles. The highest BCUT2D eigenvalue weighted by Crippen LogP contribution is 2.44. The van der Waals surface area contributed by atoms with Crippen molar-refractivity contribution in [3.05, 3.63) is 24.3 Å². The van der Waals surface area contributed by atoms with Crippen molar-refractivity contribution in [1.29, 1.82) is 0 Å². The molecule has 0 aliphatic heterocycles. The second-order valence-corrected chi connectivity index (χ2v) is 31.4. The largest absolute Gasteiger partial charge is 0.472 e. The molecule has 616 valence electrons. The van der Waals surface area contributed by atoms with Crippen LogP contribution in [-0.2, 0) is 74.9 Å². The molecule has 0 spiro atoms. The topological polar surface area (TPSA) is 299 Å². The van der Waals surface area contributed by atoms with Gasteiger partial charge in [0.25, 0.3) is 0 Å². The quantitative estimate of drug-likeness (QED) is 0.0108. The van der Waals surface area contributed by atoms with Crippen LogP contribution >= 0.6 is 15.6 Å². The van der Waals surface area contributed by atoms with Gasteiger partial charge in [0.05, 0.1) is 64.9 Å². The van der Waals surface area contributed by atoms with E-state index in [1.165, 1.54) is 116 Å². The van der Waals surface area contributed by atoms with E-state index in [4.69, 9.17) is 37.0 Å². The molecule has 4 unspecified atom stereocenters. The summed E-state index contributed by atoms with van der Waals surface area (Å²) in [4.78, 5) is 99.1. The van der Waals surface area contributed by atoms with E-state index in [1.54, 1.807) is 0 Å². The van der Waals surface area contributed by atoms with Crippen molar-refractivity contribution in [2.45, 2.75) is 393 Å². The number of carbonyl (C=O) groups is 6. The maximum atomic E-state index is 13.2. The lowest BCUT2D eigenvalue weighted by atomic mass is 10.1. The van der Waals surface area contributed by atoms with Gasteiger partial charge >= 0.3 is 27.6 Å². The van der Waals surface area contributed by atoms with E-state index < -0.39 is 72.4 Å². The Morgan fingerprint density at radius 2 is 0.619 bits per heavy atom. The Kier molecular flexibility index (Phi) is 72.0. The van der Waals surface area contributed by atoms with E-state index in [9.17, 15) is 47.7 Å². The number of carbonyl (C=O) groups excluding carboxylic acids is 6. The van der Waals surface area contributed by atoms with Crippen LogP contribution in [0.2, 0.25) is 0 Å². The number of amides is 4. The van der Waals surface area contributed by atoms with Crippen molar-refractivity contribution < 1.29 is 84.7 Å². The molecule has 0 heterocycles. The Balaban J connectivity index is 5.49. The normalized spacial score (nSPS) is 14.0. The number of esters is 2. The zero-order chi connectivity index (χ0) is 77.2. The van der Waals surface area contributed by atoms with E-state index >= 15 is 0 Å². The van der Waals surface area contributed by atoms with Gasteiger partial charge < -0.3 is 50.0 Å². The minimum absolute atomic E-state index is 0.0540. The molecule has 0 radical (unpaired) electrons. The highest BCUT2D eigenvalue weighted by atomic mass is 31.2. The molecule has 4 amide bonds. The van der Waals surface area contributed by atoms with Gasteiger partial charge in [-0.05, 0) is 89.9 Å². The third-order valence-electron chi connectivity index (χ3n) is 18.2. The van der Waals surface area contributed by atoms with E-state index in [0.29, 0.717) is 64.2 Å². The first-order valence-corrected chi connectivity index (χ1v) is 45.1. The SMILES string of the molecule is CCCCCCC=CCCCC(=O)O[C@H](CCCCCCC)CCOCC(COP(=O)(O)OCCNC(=O)CC(=O)NCCOP(=O)(O)OCC(COCC[C@@H](CCCCCCC)OC(=O)CCCC=CCCCCCC)NC(=O)CCCCCCCCCCC)NC(=O)CCCCCCCCCCC. The lowest BCUT2D eigenvalue weighted by Crippen LogP contribution is -2.41. The average molecular weight is 1530 g/mol. The molecule has 0 rings (SSSR count). The summed E-state index contributed by atoms with van der Waals surface area (Å²) in [5, 5.41) is 10.7. The van der Waals surface area contributed by atoms with Crippen molar-refractivity contribution in [2.24, 2.45) is 0 Å². The number of rotatable bonds is 80. The minimum Gasteiger partial charge on any atom is -0.462 e. The molecule has 0 aliphatic carbocycles. The first-order chi connectivity index (χ1) is 50.9. The number of phosphoric ester groups is 2. The molecule has 6 atom stereocenters. The number of phosphoric acid groups is 2. The van der Waals surface area contributed by atoms with Crippen LogP contribution in [0.25, 0.3) is 0 Å². The summed E-state index contributed by atoms with van der Waals surface area (Å²) in [6.07, 6.45) is 55.9. The zero-order valence-electron chi connectivity index (χ0n) is 67.1. The summed E-state index contributed by atoms with van der Waals surface area (Å²) in [5.74, 6) is -2.46. The maximum Gasteiger partial charge on any atom is 0.472 e. The highest BCUT2D eigenvalue weighted by molar-refractivity contribution is 7.47. The Labute approximate surface area is 637 Å². The van der Waals surface area contributed by atoms with Crippen molar-refractivity contribution in [3.8, 4) is 0 Å². The van der Waals surface area contributed by atoms with E-state index in [2.05, 4.69) is 87.1 Å². The zero-order valence-corrected chi connectivity index (χ0v) is 68.9. The molecule has 0 aromatic rings. The fourth-order valence-electron chi connectivity index (χ4n) is 11.9. The number of ether oxygens (including phenoxy) is 4. The summed E-state index contributed by atoms with van der Waals surface area (Å²) >= 11 is 0. The summed E-state index contributed by atoms with van der Waals surface area (Å²) in [7, 11) is -9.46. The summed E-state index contributed by atoms with van der Waals surface area (Å²) in [6.45, 7) is 11.1. The average Bonchev–Trinajstić information content (AvgIpc) is 0.924. The minimum atomic E-state index is -4.73. The number of allylic oxidation sites excluding steroid dienone is 4. The molecule has 0 saturated heterocycles. The Morgan fingerprint density at radius 3 is 0.952 bits per heavy atom. The van der Waals surface area contributed by atoms with Gasteiger partial charge in [-0.2, -0.15) is 0 Å². The van der Waals surface area contributed by atoms with E-state index in [1.807, 2.05) is 0 Å². The lowest BCUT2D eigenvalue weighted by Gasteiger charge is -2.22. The number of hydrogen-bond acceptors (Lipinski definition) is 16. The molecule has 105 heavy (non-hydrogen) atoms. The van der Waals surface area contributed by atoms with Crippen molar-refractivity contribution in [3.63, 3.8) is 0 Å². The van der Waals surface area contributed by atoms with Gasteiger partial charge in [-0.25, -0.2) is 9.13 Å². The highest BCUT2D eigenvalue weighted by Gasteiger charge is 2.27. The molecule has 24 heteroatoms. The van der Waals surface area contributed by atoms with Gasteiger partial charge in [-0.15, -0.1) is 0 Å². The first-order valence-electron chi connectivity index (χ1n) is 42.1. The van der Waals surface area contributed by atoms with Crippen LogP contribution in [0.4, 0.5) is 0 Å². The molecule has 0 aliphatic rings. The fourth-order valence-corrected chi connectivity index (χ4v) is 13.4.